The van der Waals surface area contributed by atoms with Crippen LogP contribution in [0.3, 0.4) is 0 Å². The van der Waals surface area contributed by atoms with Crippen molar-refractivity contribution in [1.29, 1.82) is 0 Å². The Bertz CT molecular complexity index is 301. The third kappa shape index (κ3) is 8.30. The van der Waals surface area contributed by atoms with Gasteiger partial charge in [0.25, 0.3) is 0 Å². The van der Waals surface area contributed by atoms with Crippen molar-refractivity contribution in [3.63, 3.8) is 0 Å². The molecule has 1 rings (SSSR count). The van der Waals surface area contributed by atoms with Gasteiger partial charge in [0.15, 0.2) is 0 Å². The second-order valence-corrected chi connectivity index (χ2v) is 2.60. The number of carbonyl (C=O) groups excluding carboxylic acids is 1. The SMILES string of the molecule is C=COC=C.NC(=O)Cc1ccccc1. The summed E-state index contributed by atoms with van der Waals surface area (Å²) in [6.45, 7) is 6.51. The lowest BCUT2D eigenvalue weighted by atomic mass is 10.1. The van der Waals surface area contributed by atoms with Crippen LogP contribution in [0.4, 0.5) is 0 Å². The molecular weight excluding hydrogens is 190 g/mol. The van der Waals surface area contributed by atoms with Gasteiger partial charge in [0.1, 0.15) is 0 Å². The Labute approximate surface area is 89.9 Å². The first-order chi connectivity index (χ1) is 7.20. The summed E-state index contributed by atoms with van der Waals surface area (Å²) in [7, 11) is 0. The first-order valence-corrected chi connectivity index (χ1v) is 4.40. The molecule has 3 nitrogen and oxygen atoms in total. The fourth-order valence-corrected chi connectivity index (χ4v) is 0.865. The summed E-state index contributed by atoms with van der Waals surface area (Å²) in [5, 5.41) is 0. The average Bonchev–Trinajstić information content (AvgIpc) is 2.20. The molecule has 15 heavy (non-hydrogen) atoms. The Hall–Kier alpha value is -2.03. The fraction of sp³-hybridized carbons (Fsp3) is 0.0833. The van der Waals surface area contributed by atoms with Gasteiger partial charge in [-0.15, -0.1) is 0 Å². The summed E-state index contributed by atoms with van der Waals surface area (Å²) in [6.07, 6.45) is 2.96. The van der Waals surface area contributed by atoms with Crippen LogP contribution < -0.4 is 5.73 Å². The fourth-order valence-electron chi connectivity index (χ4n) is 0.865. The van der Waals surface area contributed by atoms with Crippen LogP contribution in [0.15, 0.2) is 56.0 Å². The quantitative estimate of drug-likeness (QED) is 0.764. The minimum absolute atomic E-state index is 0.286. The lowest BCUT2D eigenvalue weighted by Gasteiger charge is -1.93. The molecule has 0 unspecified atom stereocenters. The molecule has 0 aliphatic rings. The van der Waals surface area contributed by atoms with Gasteiger partial charge >= 0.3 is 0 Å². The van der Waals surface area contributed by atoms with Crippen molar-refractivity contribution in [2.75, 3.05) is 0 Å². The van der Waals surface area contributed by atoms with Crippen molar-refractivity contribution in [2.45, 2.75) is 6.42 Å². The molecule has 0 bridgehead atoms. The van der Waals surface area contributed by atoms with E-state index in [1.807, 2.05) is 30.3 Å². The summed E-state index contributed by atoms with van der Waals surface area (Å²) in [4.78, 5) is 10.4. The highest BCUT2D eigenvalue weighted by molar-refractivity contribution is 5.76. The van der Waals surface area contributed by atoms with E-state index in [4.69, 9.17) is 5.73 Å². The Kier molecular flexibility index (Phi) is 7.40. The van der Waals surface area contributed by atoms with Gasteiger partial charge in [-0.25, -0.2) is 0 Å². The number of primary amides is 1. The maximum absolute atomic E-state index is 10.4. The molecule has 1 aromatic carbocycles. The van der Waals surface area contributed by atoms with Crippen LogP contribution in [0.5, 0.6) is 0 Å². The van der Waals surface area contributed by atoms with Crippen LogP contribution in [0.1, 0.15) is 5.56 Å². The molecule has 0 atom stereocenters. The maximum atomic E-state index is 10.4. The van der Waals surface area contributed by atoms with Gasteiger partial charge in [0.05, 0.1) is 18.9 Å². The average molecular weight is 205 g/mol. The summed E-state index contributed by atoms with van der Waals surface area (Å²) in [5.41, 5.74) is 5.95. The van der Waals surface area contributed by atoms with Crippen LogP contribution in [-0.4, -0.2) is 5.91 Å². The van der Waals surface area contributed by atoms with E-state index in [1.165, 1.54) is 12.5 Å². The molecule has 1 amide bonds. The molecule has 3 heteroatoms. The van der Waals surface area contributed by atoms with E-state index in [0.717, 1.165) is 5.56 Å². The number of carbonyl (C=O) groups is 1. The number of nitrogens with two attached hydrogens (primary N) is 1. The number of benzene rings is 1. The highest BCUT2D eigenvalue weighted by Crippen LogP contribution is 1.97. The molecule has 0 saturated heterocycles. The molecule has 80 valence electrons. The van der Waals surface area contributed by atoms with Crippen molar-refractivity contribution in [1.82, 2.24) is 0 Å². The second-order valence-electron chi connectivity index (χ2n) is 2.60. The summed E-state index contributed by atoms with van der Waals surface area (Å²) in [6, 6.07) is 9.44. The smallest absolute Gasteiger partial charge is 0.221 e. The van der Waals surface area contributed by atoms with Gasteiger partial charge in [0, 0.05) is 0 Å². The molecule has 0 saturated carbocycles. The predicted molar refractivity (Wildman–Crippen MR) is 60.8 cm³/mol. The Morgan fingerprint density at radius 1 is 1.27 bits per heavy atom. The van der Waals surface area contributed by atoms with Gasteiger partial charge in [0.2, 0.25) is 5.91 Å². The van der Waals surface area contributed by atoms with Crippen molar-refractivity contribution in [3.05, 3.63) is 61.6 Å². The molecule has 0 heterocycles. The third-order valence-corrected chi connectivity index (χ3v) is 1.41. The van der Waals surface area contributed by atoms with E-state index in [0.29, 0.717) is 6.42 Å². The minimum atomic E-state index is -0.286. The van der Waals surface area contributed by atoms with E-state index >= 15 is 0 Å². The van der Waals surface area contributed by atoms with E-state index in [9.17, 15) is 4.79 Å². The van der Waals surface area contributed by atoms with Crippen molar-refractivity contribution in [3.8, 4) is 0 Å². The molecule has 2 N–H and O–H groups in total. The normalized spacial score (nSPS) is 8.00. The topological polar surface area (TPSA) is 52.3 Å². The predicted octanol–water partition coefficient (Wildman–Crippen LogP) is 2.00. The van der Waals surface area contributed by atoms with Gasteiger partial charge in [-0.05, 0) is 5.56 Å². The van der Waals surface area contributed by atoms with E-state index in [2.05, 4.69) is 17.9 Å². The second kappa shape index (κ2) is 8.56. The van der Waals surface area contributed by atoms with E-state index in [-0.39, 0.29) is 5.91 Å². The molecular formula is C12H15NO2. The van der Waals surface area contributed by atoms with Gasteiger partial charge < -0.3 is 10.5 Å². The van der Waals surface area contributed by atoms with Crippen LogP contribution >= 0.6 is 0 Å². The van der Waals surface area contributed by atoms with Crippen molar-refractivity contribution >= 4 is 5.91 Å². The summed E-state index contributed by atoms with van der Waals surface area (Å²) in [5.74, 6) is -0.286. The Morgan fingerprint density at radius 3 is 2.13 bits per heavy atom. The lowest BCUT2D eigenvalue weighted by Crippen LogP contribution is -2.13. The monoisotopic (exact) mass is 205 g/mol. The zero-order valence-corrected chi connectivity index (χ0v) is 8.56. The van der Waals surface area contributed by atoms with Gasteiger partial charge in [-0.2, -0.15) is 0 Å². The molecule has 0 aliphatic carbocycles. The van der Waals surface area contributed by atoms with Crippen molar-refractivity contribution < 1.29 is 9.53 Å². The molecule has 0 aromatic heterocycles. The number of hydrogen-bond donors (Lipinski definition) is 1. The zero-order chi connectivity index (χ0) is 11.5. The molecule has 0 fully saturated rings. The maximum Gasteiger partial charge on any atom is 0.221 e. The van der Waals surface area contributed by atoms with Crippen molar-refractivity contribution in [2.24, 2.45) is 5.73 Å². The number of ether oxygens (including phenoxy) is 1. The largest absolute Gasteiger partial charge is 0.474 e. The minimum Gasteiger partial charge on any atom is -0.474 e. The summed E-state index contributed by atoms with van der Waals surface area (Å²) < 4.78 is 4.36. The highest BCUT2D eigenvalue weighted by Gasteiger charge is 1.94. The van der Waals surface area contributed by atoms with Gasteiger partial charge in [-0.1, -0.05) is 43.5 Å². The third-order valence-electron chi connectivity index (χ3n) is 1.41. The lowest BCUT2D eigenvalue weighted by molar-refractivity contribution is -0.117. The first-order valence-electron chi connectivity index (χ1n) is 4.40. The number of amides is 1. The molecule has 0 spiro atoms. The highest BCUT2D eigenvalue weighted by atomic mass is 16.5. The van der Waals surface area contributed by atoms with E-state index < -0.39 is 0 Å². The number of rotatable bonds is 4. The van der Waals surface area contributed by atoms with Gasteiger partial charge in [-0.3, -0.25) is 4.79 Å². The van der Waals surface area contributed by atoms with Crippen LogP contribution in [-0.2, 0) is 16.0 Å². The Balaban J connectivity index is 0.000000336. The van der Waals surface area contributed by atoms with Crippen LogP contribution in [0.2, 0.25) is 0 Å². The zero-order valence-electron chi connectivity index (χ0n) is 8.56. The summed E-state index contributed by atoms with van der Waals surface area (Å²) >= 11 is 0. The molecule has 1 aromatic rings. The van der Waals surface area contributed by atoms with Crippen LogP contribution in [0, 0.1) is 0 Å². The standard InChI is InChI=1S/C8H9NO.C4H6O/c9-8(10)6-7-4-2-1-3-5-7;1-3-5-4-2/h1-5H,6H2,(H2,9,10);3-4H,1-2H2. The molecule has 0 radical (unpaired) electrons. The molecule has 0 aliphatic heterocycles. The van der Waals surface area contributed by atoms with E-state index in [1.54, 1.807) is 0 Å². The van der Waals surface area contributed by atoms with Crippen LogP contribution in [0.25, 0.3) is 0 Å². The Morgan fingerprint density at radius 2 is 1.80 bits per heavy atom. The first kappa shape index (κ1) is 13.0. The number of hydrogen-bond acceptors (Lipinski definition) is 2.